The first-order valence-electron chi connectivity index (χ1n) is 4.69. The van der Waals surface area contributed by atoms with Gasteiger partial charge < -0.3 is 0 Å². The number of nitrogens with one attached hydrogen (secondary N) is 1. The Hall–Kier alpha value is -0.870. The van der Waals surface area contributed by atoms with Gasteiger partial charge in [0.2, 0.25) is 10.0 Å². The van der Waals surface area contributed by atoms with E-state index in [4.69, 9.17) is 0 Å². The van der Waals surface area contributed by atoms with Gasteiger partial charge in [-0.05, 0) is 23.1 Å². The summed E-state index contributed by atoms with van der Waals surface area (Å²) in [6, 6.07) is 6.06. The number of benzene rings is 1. The van der Waals surface area contributed by atoms with Crippen LogP contribution < -0.4 is 4.72 Å². The van der Waals surface area contributed by atoms with Crippen molar-refractivity contribution in [2.24, 2.45) is 0 Å². The van der Waals surface area contributed by atoms with Crippen LogP contribution in [0, 0.1) is 0 Å². The minimum absolute atomic E-state index is 0.121. The molecule has 4 heteroatoms. The Balaban J connectivity index is 2.44. The first-order chi connectivity index (χ1) is 6.61. The first kappa shape index (κ1) is 9.68. The Bertz CT molecular complexity index is 451. The maximum atomic E-state index is 11.3. The average molecular weight is 211 g/mol. The minimum Gasteiger partial charge on any atom is -0.212 e. The molecule has 0 aliphatic carbocycles. The summed E-state index contributed by atoms with van der Waals surface area (Å²) < 4.78 is 25.1. The number of hydrogen-bond acceptors (Lipinski definition) is 2. The zero-order valence-electron chi connectivity index (χ0n) is 8.08. The van der Waals surface area contributed by atoms with Crippen LogP contribution in [0.2, 0.25) is 0 Å². The van der Waals surface area contributed by atoms with Crippen LogP contribution in [0.1, 0.15) is 23.6 Å². The van der Waals surface area contributed by atoms with Gasteiger partial charge in [-0.1, -0.05) is 25.1 Å². The van der Waals surface area contributed by atoms with Gasteiger partial charge in [0.05, 0.1) is 5.75 Å². The molecular formula is C10H13NO2S. The average Bonchev–Trinajstić information content (AvgIpc) is 2.15. The van der Waals surface area contributed by atoms with Gasteiger partial charge in [0.25, 0.3) is 0 Å². The molecule has 0 radical (unpaired) electrons. The second-order valence-electron chi connectivity index (χ2n) is 3.54. The number of rotatable bonds is 1. The molecule has 1 N–H and O–H groups in total. The Labute approximate surface area is 84.2 Å². The third-order valence-corrected chi connectivity index (χ3v) is 3.78. The van der Waals surface area contributed by atoms with E-state index in [1.807, 2.05) is 12.1 Å². The summed E-state index contributed by atoms with van der Waals surface area (Å²) in [5.74, 6) is 0.121. The van der Waals surface area contributed by atoms with Gasteiger partial charge in [-0.25, -0.2) is 13.1 Å². The largest absolute Gasteiger partial charge is 0.216 e. The van der Waals surface area contributed by atoms with Crippen LogP contribution in [0.5, 0.6) is 0 Å². The molecule has 0 spiro atoms. The maximum absolute atomic E-state index is 11.3. The van der Waals surface area contributed by atoms with E-state index >= 15 is 0 Å². The molecule has 76 valence electrons. The quantitative estimate of drug-likeness (QED) is 0.758. The first-order valence-corrected chi connectivity index (χ1v) is 6.34. The molecule has 14 heavy (non-hydrogen) atoms. The Kier molecular flexibility index (Phi) is 2.33. The second kappa shape index (κ2) is 3.37. The molecule has 0 atom stereocenters. The number of fused-ring (bicyclic) bond motifs is 1. The Morgan fingerprint density at radius 3 is 2.86 bits per heavy atom. The lowest BCUT2D eigenvalue weighted by Crippen LogP contribution is -2.30. The number of hydrogen-bond donors (Lipinski definition) is 1. The van der Waals surface area contributed by atoms with Gasteiger partial charge in [0.1, 0.15) is 0 Å². The van der Waals surface area contributed by atoms with Crippen LogP contribution in [-0.4, -0.2) is 8.42 Å². The normalized spacial score (nSPS) is 18.9. The molecule has 1 aromatic carbocycles. The molecule has 1 aliphatic heterocycles. The summed E-state index contributed by atoms with van der Waals surface area (Å²) in [6.45, 7) is 2.50. The molecule has 3 nitrogen and oxygen atoms in total. The maximum Gasteiger partial charge on any atom is 0.216 e. The summed E-state index contributed by atoms with van der Waals surface area (Å²) in [6.07, 6.45) is 0.945. The highest BCUT2D eigenvalue weighted by atomic mass is 32.2. The van der Waals surface area contributed by atoms with Crippen LogP contribution in [0.15, 0.2) is 18.2 Å². The van der Waals surface area contributed by atoms with Crippen LogP contribution in [0.3, 0.4) is 0 Å². The van der Waals surface area contributed by atoms with E-state index in [9.17, 15) is 8.42 Å². The summed E-state index contributed by atoms with van der Waals surface area (Å²) in [7, 11) is -3.07. The third-order valence-electron chi connectivity index (χ3n) is 2.51. The number of sulfonamides is 1. The molecule has 2 rings (SSSR count). The highest BCUT2D eigenvalue weighted by Crippen LogP contribution is 2.19. The predicted molar refractivity (Wildman–Crippen MR) is 55.3 cm³/mol. The van der Waals surface area contributed by atoms with Crippen molar-refractivity contribution in [3.8, 4) is 0 Å². The van der Waals surface area contributed by atoms with Crippen LogP contribution >= 0.6 is 0 Å². The highest BCUT2D eigenvalue weighted by Gasteiger charge is 2.19. The third kappa shape index (κ3) is 1.81. The van der Waals surface area contributed by atoms with Crippen molar-refractivity contribution in [3.05, 3.63) is 34.9 Å². The topological polar surface area (TPSA) is 46.2 Å². The van der Waals surface area contributed by atoms with Gasteiger partial charge in [-0.15, -0.1) is 0 Å². The van der Waals surface area contributed by atoms with E-state index in [2.05, 4.69) is 17.7 Å². The molecule has 0 bridgehead atoms. The van der Waals surface area contributed by atoms with Crippen molar-refractivity contribution >= 4 is 10.0 Å². The molecule has 0 saturated heterocycles. The van der Waals surface area contributed by atoms with Crippen molar-refractivity contribution in [3.63, 3.8) is 0 Å². The number of aryl methyl sites for hydroxylation is 1. The molecule has 0 unspecified atom stereocenters. The molecule has 1 aromatic rings. The molecule has 1 heterocycles. The minimum atomic E-state index is -3.07. The van der Waals surface area contributed by atoms with E-state index < -0.39 is 10.0 Å². The van der Waals surface area contributed by atoms with Crippen molar-refractivity contribution in [1.29, 1.82) is 0 Å². The van der Waals surface area contributed by atoms with E-state index in [0.717, 1.165) is 17.5 Å². The van der Waals surface area contributed by atoms with Crippen LogP contribution in [-0.2, 0) is 28.7 Å². The predicted octanol–water partition coefficient (Wildman–Crippen LogP) is 1.18. The summed E-state index contributed by atoms with van der Waals surface area (Å²) in [5.41, 5.74) is 3.24. The van der Waals surface area contributed by atoms with Gasteiger partial charge in [-0.2, -0.15) is 0 Å². The standard InChI is InChI=1S/C10H13NO2S/c1-2-8-3-4-9-6-11-14(12,13)7-10(9)5-8/h3-5,11H,2,6-7H2,1H3. The molecule has 0 saturated carbocycles. The summed E-state index contributed by atoms with van der Waals surface area (Å²) >= 11 is 0. The zero-order valence-corrected chi connectivity index (χ0v) is 8.89. The van der Waals surface area contributed by atoms with Gasteiger partial charge >= 0.3 is 0 Å². The molecular weight excluding hydrogens is 198 g/mol. The van der Waals surface area contributed by atoms with Crippen LogP contribution in [0.4, 0.5) is 0 Å². The van der Waals surface area contributed by atoms with Crippen LogP contribution in [0.25, 0.3) is 0 Å². The van der Waals surface area contributed by atoms with E-state index in [1.165, 1.54) is 5.56 Å². The summed E-state index contributed by atoms with van der Waals surface area (Å²) in [5, 5.41) is 0. The zero-order chi connectivity index (χ0) is 10.2. The lowest BCUT2D eigenvalue weighted by atomic mass is 10.0. The second-order valence-corrected chi connectivity index (χ2v) is 5.34. The lowest BCUT2D eigenvalue weighted by Gasteiger charge is -2.17. The van der Waals surface area contributed by atoms with Crippen molar-refractivity contribution < 1.29 is 8.42 Å². The molecule has 0 amide bonds. The van der Waals surface area contributed by atoms with Gasteiger partial charge in [0, 0.05) is 6.54 Å². The SMILES string of the molecule is CCc1ccc2c(c1)CS(=O)(=O)NC2. The molecule has 0 fully saturated rings. The van der Waals surface area contributed by atoms with Crippen molar-refractivity contribution in [2.45, 2.75) is 25.6 Å². The van der Waals surface area contributed by atoms with Gasteiger partial charge in [-0.3, -0.25) is 0 Å². The van der Waals surface area contributed by atoms with E-state index in [1.54, 1.807) is 0 Å². The van der Waals surface area contributed by atoms with Gasteiger partial charge in [0.15, 0.2) is 0 Å². The fourth-order valence-electron chi connectivity index (χ4n) is 1.65. The fraction of sp³-hybridized carbons (Fsp3) is 0.400. The Morgan fingerprint density at radius 2 is 2.14 bits per heavy atom. The smallest absolute Gasteiger partial charge is 0.212 e. The molecule has 1 aliphatic rings. The lowest BCUT2D eigenvalue weighted by molar-refractivity contribution is 0.575. The van der Waals surface area contributed by atoms with Crippen molar-refractivity contribution in [1.82, 2.24) is 4.72 Å². The van der Waals surface area contributed by atoms with E-state index in [-0.39, 0.29) is 5.75 Å². The van der Waals surface area contributed by atoms with E-state index in [0.29, 0.717) is 6.54 Å². The molecule has 0 aromatic heterocycles. The fourth-order valence-corrected chi connectivity index (χ4v) is 2.81. The van der Waals surface area contributed by atoms with Crippen molar-refractivity contribution in [2.75, 3.05) is 0 Å². The summed E-state index contributed by atoms with van der Waals surface area (Å²) in [4.78, 5) is 0. The Morgan fingerprint density at radius 1 is 1.36 bits per heavy atom. The highest BCUT2D eigenvalue weighted by molar-refractivity contribution is 7.88. The monoisotopic (exact) mass is 211 g/mol.